The quantitative estimate of drug-likeness (QED) is 0.164. The molecule has 2 rings (SSSR count). The van der Waals surface area contributed by atoms with E-state index in [4.69, 9.17) is 0 Å². The van der Waals surface area contributed by atoms with Crippen LogP contribution in [0.2, 0.25) is 0 Å². The summed E-state index contributed by atoms with van der Waals surface area (Å²) in [6.07, 6.45) is 16.8. The summed E-state index contributed by atoms with van der Waals surface area (Å²) in [6, 6.07) is 2.98. The Kier molecular flexibility index (Phi) is 15.7. The van der Waals surface area contributed by atoms with Crippen molar-refractivity contribution in [1.29, 1.82) is 0 Å². The standard InChI is InChI=1S/C21H25FN2O.C7H10.C2H6/c1-7-8-9-10-14(2)17(5)24-23-16(4)12-20-15(3)11-19(18(6)25)13-21(20)22;1-2-7-5-3-4-6-7;1-2/h7-11,13H,2,12H2,1,3-6H3;3-5H,2,6H2,1H3;1-2H3/b8-7-,10-9-,23-16+,24-17+;;. The number of nitrogens with zero attached hydrogens (tertiary/aromatic N) is 2. The molecule has 3 nitrogen and oxygen atoms in total. The van der Waals surface area contributed by atoms with Crippen LogP contribution >= 0.6 is 0 Å². The molecule has 0 aromatic heterocycles. The van der Waals surface area contributed by atoms with E-state index >= 15 is 0 Å². The number of hydrogen-bond donors (Lipinski definition) is 0. The molecule has 0 aliphatic heterocycles. The average molecular weight is 465 g/mol. The first-order chi connectivity index (χ1) is 16.2. The summed E-state index contributed by atoms with van der Waals surface area (Å²) in [5, 5.41) is 8.32. The zero-order valence-corrected chi connectivity index (χ0v) is 22.2. The lowest BCUT2D eigenvalue weighted by atomic mass is 9.98. The molecule has 0 saturated heterocycles. The summed E-state index contributed by atoms with van der Waals surface area (Å²) in [5.74, 6) is -0.539. The first kappa shape index (κ1) is 30.9. The van der Waals surface area contributed by atoms with E-state index < -0.39 is 0 Å². The van der Waals surface area contributed by atoms with Crippen molar-refractivity contribution < 1.29 is 9.18 Å². The molecule has 184 valence electrons. The van der Waals surface area contributed by atoms with E-state index in [1.807, 2.05) is 52.0 Å². The molecule has 0 bridgehead atoms. The van der Waals surface area contributed by atoms with Gasteiger partial charge in [-0.1, -0.05) is 75.5 Å². The van der Waals surface area contributed by atoms with E-state index in [1.165, 1.54) is 25.8 Å². The number of Topliss-reactive ketones (excluding diaryl/α,β-unsaturated/α-hetero) is 1. The van der Waals surface area contributed by atoms with Crippen molar-refractivity contribution in [1.82, 2.24) is 0 Å². The van der Waals surface area contributed by atoms with Crippen LogP contribution in [-0.2, 0) is 6.42 Å². The monoisotopic (exact) mass is 464 g/mol. The minimum absolute atomic E-state index is 0.149. The molecule has 0 saturated carbocycles. The lowest BCUT2D eigenvalue weighted by molar-refractivity contribution is 0.101. The predicted molar refractivity (Wildman–Crippen MR) is 148 cm³/mol. The highest BCUT2D eigenvalue weighted by atomic mass is 19.1. The van der Waals surface area contributed by atoms with Crippen LogP contribution in [0.3, 0.4) is 0 Å². The third-order valence-electron chi connectivity index (χ3n) is 5.00. The molecule has 0 radical (unpaired) electrons. The van der Waals surface area contributed by atoms with Gasteiger partial charge in [-0.25, -0.2) is 4.39 Å². The molecule has 0 unspecified atom stereocenters. The van der Waals surface area contributed by atoms with Crippen molar-refractivity contribution >= 4 is 17.2 Å². The van der Waals surface area contributed by atoms with Crippen LogP contribution in [0.25, 0.3) is 0 Å². The molecule has 1 aliphatic rings. The highest BCUT2D eigenvalue weighted by Crippen LogP contribution is 2.18. The number of halogens is 1. The van der Waals surface area contributed by atoms with Gasteiger partial charge in [-0.15, -0.1) is 0 Å². The molecule has 1 aromatic rings. The van der Waals surface area contributed by atoms with Gasteiger partial charge in [0.15, 0.2) is 5.78 Å². The fraction of sp³-hybridized carbons (Fsp3) is 0.367. The van der Waals surface area contributed by atoms with Crippen molar-refractivity contribution in [2.45, 2.75) is 74.7 Å². The molecule has 0 amide bonds. The van der Waals surface area contributed by atoms with Gasteiger partial charge in [0, 0.05) is 17.7 Å². The normalized spacial score (nSPS) is 13.4. The highest BCUT2D eigenvalue weighted by Gasteiger charge is 2.11. The number of carbonyl (C=O) groups excluding carboxylic acids is 1. The van der Waals surface area contributed by atoms with Gasteiger partial charge in [0.2, 0.25) is 0 Å². The Balaban J connectivity index is 0.00000101. The molecule has 0 N–H and O–H groups in total. The molecule has 0 fully saturated rings. The molecule has 0 heterocycles. The summed E-state index contributed by atoms with van der Waals surface area (Å²) in [5.41, 5.74) is 5.35. The van der Waals surface area contributed by atoms with Crippen molar-refractivity contribution in [3.63, 3.8) is 0 Å². The zero-order valence-electron chi connectivity index (χ0n) is 22.2. The van der Waals surface area contributed by atoms with Crippen LogP contribution in [0, 0.1) is 12.7 Å². The number of carbonyl (C=O) groups is 1. The van der Waals surface area contributed by atoms with Gasteiger partial charge in [0.1, 0.15) is 5.82 Å². The molecule has 34 heavy (non-hydrogen) atoms. The Morgan fingerprint density at radius 1 is 1.15 bits per heavy atom. The van der Waals surface area contributed by atoms with E-state index in [0.29, 0.717) is 29.0 Å². The summed E-state index contributed by atoms with van der Waals surface area (Å²) in [6.45, 7) is 18.9. The Hall–Kier alpha value is -3.14. The number of allylic oxidation sites excluding steroid dienone is 9. The molecule has 1 aliphatic carbocycles. The summed E-state index contributed by atoms with van der Waals surface area (Å²) >= 11 is 0. The fourth-order valence-electron chi connectivity index (χ4n) is 2.87. The second-order valence-electron chi connectivity index (χ2n) is 7.73. The Morgan fingerprint density at radius 2 is 1.82 bits per heavy atom. The van der Waals surface area contributed by atoms with Crippen molar-refractivity contribution in [3.05, 3.63) is 94.9 Å². The van der Waals surface area contributed by atoms with Gasteiger partial charge >= 0.3 is 0 Å². The molecule has 0 spiro atoms. The molecule has 0 atom stereocenters. The number of benzene rings is 1. The Bertz CT molecular complexity index is 982. The Morgan fingerprint density at radius 3 is 2.29 bits per heavy atom. The van der Waals surface area contributed by atoms with E-state index in [9.17, 15) is 9.18 Å². The van der Waals surface area contributed by atoms with Gasteiger partial charge in [-0.2, -0.15) is 10.2 Å². The van der Waals surface area contributed by atoms with Crippen molar-refractivity contribution in [2.75, 3.05) is 0 Å². The van der Waals surface area contributed by atoms with Crippen LogP contribution < -0.4 is 0 Å². The topological polar surface area (TPSA) is 41.8 Å². The lowest BCUT2D eigenvalue weighted by Crippen LogP contribution is -2.05. The first-order valence-corrected chi connectivity index (χ1v) is 11.9. The van der Waals surface area contributed by atoms with E-state index in [-0.39, 0.29) is 11.6 Å². The van der Waals surface area contributed by atoms with Gasteiger partial charge in [-0.3, -0.25) is 4.79 Å². The zero-order chi connectivity index (χ0) is 26.1. The van der Waals surface area contributed by atoms with E-state index in [1.54, 1.807) is 25.5 Å². The minimum Gasteiger partial charge on any atom is -0.295 e. The third kappa shape index (κ3) is 11.6. The van der Waals surface area contributed by atoms with Crippen LogP contribution in [0.15, 0.2) is 82.6 Å². The van der Waals surface area contributed by atoms with Crippen LogP contribution in [-0.4, -0.2) is 17.2 Å². The number of rotatable bonds is 8. The Labute approximate surface area is 206 Å². The summed E-state index contributed by atoms with van der Waals surface area (Å²) < 4.78 is 14.3. The SMILES string of the molecule is C=C(/C=C\C=C/C)/C(C)=N/N=C(\C)Cc1c(C)cc(C(C)=O)cc1F.CC.CCC1=CC=CC1. The molecular formula is C30H41FN2O. The van der Waals surface area contributed by atoms with Crippen molar-refractivity contribution in [3.8, 4) is 0 Å². The minimum atomic E-state index is -0.390. The van der Waals surface area contributed by atoms with Crippen LogP contribution in [0.4, 0.5) is 4.39 Å². The van der Waals surface area contributed by atoms with Gasteiger partial charge < -0.3 is 0 Å². The smallest absolute Gasteiger partial charge is 0.159 e. The maximum atomic E-state index is 14.3. The largest absolute Gasteiger partial charge is 0.295 e. The highest BCUT2D eigenvalue weighted by molar-refractivity contribution is 6.00. The second-order valence-corrected chi connectivity index (χ2v) is 7.73. The van der Waals surface area contributed by atoms with Crippen molar-refractivity contribution in [2.24, 2.45) is 10.2 Å². The molecule has 4 heteroatoms. The van der Waals surface area contributed by atoms with Gasteiger partial charge in [-0.05, 0) is 76.3 Å². The second kappa shape index (κ2) is 17.4. The predicted octanol–water partition coefficient (Wildman–Crippen LogP) is 8.71. The molecular weight excluding hydrogens is 423 g/mol. The van der Waals surface area contributed by atoms with Gasteiger partial charge in [0.25, 0.3) is 0 Å². The van der Waals surface area contributed by atoms with E-state index in [2.05, 4.69) is 41.9 Å². The van der Waals surface area contributed by atoms with Crippen LogP contribution in [0.1, 0.15) is 82.8 Å². The fourth-order valence-corrected chi connectivity index (χ4v) is 2.87. The molecule has 1 aromatic carbocycles. The third-order valence-corrected chi connectivity index (χ3v) is 5.00. The number of aryl methyl sites for hydroxylation is 1. The first-order valence-electron chi connectivity index (χ1n) is 11.9. The number of hydrogen-bond acceptors (Lipinski definition) is 3. The maximum absolute atomic E-state index is 14.3. The lowest BCUT2D eigenvalue weighted by Gasteiger charge is -2.09. The van der Waals surface area contributed by atoms with Gasteiger partial charge in [0.05, 0.1) is 5.71 Å². The summed E-state index contributed by atoms with van der Waals surface area (Å²) in [7, 11) is 0. The number of ketones is 1. The summed E-state index contributed by atoms with van der Waals surface area (Å²) in [4.78, 5) is 11.4. The van der Waals surface area contributed by atoms with Crippen LogP contribution in [0.5, 0.6) is 0 Å². The maximum Gasteiger partial charge on any atom is 0.159 e. The average Bonchev–Trinajstić information content (AvgIpc) is 3.35. The van der Waals surface area contributed by atoms with E-state index in [0.717, 1.165) is 11.1 Å².